The number of carbonyl (C=O) groups is 1. The molecule has 0 aliphatic rings. The molecule has 1 amide bonds. The van der Waals surface area contributed by atoms with Crippen molar-refractivity contribution in [2.45, 2.75) is 33.1 Å². The molecule has 1 aromatic heterocycles. The zero-order valence-corrected chi connectivity index (χ0v) is 11.3. The molecule has 110 valence electrons. The Kier molecular flexibility index (Phi) is 5.63. The summed E-state index contributed by atoms with van der Waals surface area (Å²) in [6.07, 6.45) is 2.63. The number of hydrogen-bond donors (Lipinski definition) is 1. The molecule has 0 aliphatic heterocycles. The van der Waals surface area contributed by atoms with Crippen LogP contribution in [0.3, 0.4) is 0 Å². The van der Waals surface area contributed by atoms with Crippen LogP contribution in [0, 0.1) is 10.1 Å². The number of nitro groups is 1. The van der Waals surface area contributed by atoms with Crippen LogP contribution < -0.4 is 10.2 Å². The van der Waals surface area contributed by atoms with Crippen molar-refractivity contribution in [2.75, 3.05) is 6.61 Å². The molecule has 0 bridgehead atoms. The smallest absolute Gasteiger partial charge is 0.336 e. The molecular formula is C11H16N4O5. The minimum absolute atomic E-state index is 0.255. The number of unbranched alkanes of at least 4 members (excludes halogenated alkanes) is 2. The van der Waals surface area contributed by atoms with E-state index in [1.165, 1.54) is 0 Å². The average Bonchev–Trinajstić information content (AvgIpc) is 2.36. The zero-order chi connectivity index (χ0) is 15.1. The van der Waals surface area contributed by atoms with Crippen LogP contribution in [0.1, 0.15) is 33.1 Å². The van der Waals surface area contributed by atoms with Crippen molar-refractivity contribution >= 4 is 11.6 Å². The van der Waals surface area contributed by atoms with Gasteiger partial charge in [-0.15, -0.1) is 0 Å². The van der Waals surface area contributed by atoms with Gasteiger partial charge in [0.2, 0.25) is 5.91 Å². The molecule has 9 nitrogen and oxygen atoms in total. The van der Waals surface area contributed by atoms with Gasteiger partial charge in [0.15, 0.2) is 5.49 Å². The van der Waals surface area contributed by atoms with Crippen LogP contribution in [0.4, 0.5) is 5.69 Å². The Bertz CT molecular complexity index is 566. The molecular weight excluding hydrogens is 268 g/mol. The van der Waals surface area contributed by atoms with E-state index in [2.05, 4.69) is 10.1 Å². The quantitative estimate of drug-likeness (QED) is 0.361. The van der Waals surface area contributed by atoms with E-state index in [1.54, 1.807) is 0 Å². The molecule has 1 heterocycles. The molecule has 0 unspecified atom stereocenters. The minimum atomic E-state index is -0.707. The normalized spacial score (nSPS) is 11.4. The van der Waals surface area contributed by atoms with Crippen LogP contribution >= 0.6 is 0 Å². The first-order valence-electron chi connectivity index (χ1n) is 6.11. The van der Waals surface area contributed by atoms with Gasteiger partial charge in [-0.1, -0.05) is 29.7 Å². The van der Waals surface area contributed by atoms with E-state index in [1.807, 2.05) is 6.92 Å². The third kappa shape index (κ3) is 4.34. The van der Waals surface area contributed by atoms with Crippen LogP contribution in [-0.4, -0.2) is 32.6 Å². The summed E-state index contributed by atoms with van der Waals surface area (Å²) in [5, 5.41) is 23.9. The predicted octanol–water partition coefficient (Wildman–Crippen LogP) is 1.04. The van der Waals surface area contributed by atoms with Gasteiger partial charge in [-0.3, -0.25) is 14.9 Å². The maximum absolute atomic E-state index is 10.9. The highest BCUT2D eigenvalue weighted by atomic mass is 16.6. The second-order valence-electron chi connectivity index (χ2n) is 4.03. The Balaban J connectivity index is 3.08. The Morgan fingerprint density at radius 3 is 2.85 bits per heavy atom. The second kappa shape index (κ2) is 7.22. The molecule has 9 heteroatoms. The summed E-state index contributed by atoms with van der Waals surface area (Å²) < 4.78 is 5.18. The Labute approximate surface area is 114 Å². The lowest BCUT2D eigenvalue weighted by atomic mass is 10.3. The van der Waals surface area contributed by atoms with Crippen LogP contribution in [0.25, 0.3) is 0 Å². The van der Waals surface area contributed by atoms with E-state index >= 15 is 0 Å². The molecule has 0 aromatic carbocycles. The summed E-state index contributed by atoms with van der Waals surface area (Å²) in [5.74, 6) is -0.920. The maximum Gasteiger partial charge on any atom is 0.336 e. The fourth-order valence-corrected chi connectivity index (χ4v) is 1.42. The van der Waals surface area contributed by atoms with E-state index in [0.717, 1.165) is 32.3 Å². The van der Waals surface area contributed by atoms with Crippen molar-refractivity contribution < 1.29 is 19.7 Å². The van der Waals surface area contributed by atoms with Crippen molar-refractivity contribution in [2.24, 2.45) is 4.99 Å². The number of aromatic nitrogens is 2. The number of hydrogen-bond acceptors (Lipinski definition) is 6. The van der Waals surface area contributed by atoms with Gasteiger partial charge in [0.1, 0.15) is 0 Å². The van der Waals surface area contributed by atoms with Gasteiger partial charge in [-0.2, -0.15) is 4.99 Å². The minimum Gasteiger partial charge on any atom is -0.472 e. The number of nitrogens with zero attached hydrogens (tertiary/aromatic N) is 4. The summed E-state index contributed by atoms with van der Waals surface area (Å²) >= 11 is 0. The van der Waals surface area contributed by atoms with Gasteiger partial charge in [-0.25, -0.2) is 0 Å². The zero-order valence-electron chi connectivity index (χ0n) is 11.3. The molecule has 1 aromatic rings. The van der Waals surface area contributed by atoms with Crippen molar-refractivity contribution in [1.82, 2.24) is 9.94 Å². The molecule has 0 spiro atoms. The van der Waals surface area contributed by atoms with Gasteiger partial charge >= 0.3 is 11.6 Å². The topological polar surface area (TPSA) is 120 Å². The van der Waals surface area contributed by atoms with Crippen LogP contribution in [0.15, 0.2) is 11.1 Å². The number of amides is 1. The highest BCUT2D eigenvalue weighted by Gasteiger charge is 2.19. The average molecular weight is 284 g/mol. The SMILES string of the molecule is CCCCCOc1nn(O)c(=NC(C)=O)cc1[N+](=O)[O-]. The lowest BCUT2D eigenvalue weighted by Crippen LogP contribution is -2.24. The maximum atomic E-state index is 10.9. The number of rotatable bonds is 6. The second-order valence-corrected chi connectivity index (χ2v) is 4.03. The first kappa shape index (κ1) is 15.6. The Morgan fingerprint density at radius 2 is 2.30 bits per heavy atom. The molecule has 0 atom stereocenters. The lowest BCUT2D eigenvalue weighted by molar-refractivity contribution is -0.386. The molecule has 1 N–H and O–H groups in total. The molecule has 0 saturated heterocycles. The van der Waals surface area contributed by atoms with E-state index in [4.69, 9.17) is 4.74 Å². The standard InChI is InChI=1S/C11H16N4O5/c1-3-4-5-6-20-11-9(15(18)19)7-10(12-8(2)16)14(17)13-11/h7,17H,3-6H2,1-2H3. The largest absolute Gasteiger partial charge is 0.472 e. The monoisotopic (exact) mass is 284 g/mol. The van der Waals surface area contributed by atoms with Crippen molar-refractivity contribution in [1.29, 1.82) is 0 Å². The summed E-state index contributed by atoms with van der Waals surface area (Å²) in [7, 11) is 0. The lowest BCUT2D eigenvalue weighted by Gasteiger charge is -2.06. The Morgan fingerprint density at radius 1 is 1.60 bits per heavy atom. The van der Waals surface area contributed by atoms with Crippen molar-refractivity contribution in [3.63, 3.8) is 0 Å². The van der Waals surface area contributed by atoms with Crippen LogP contribution in [0.2, 0.25) is 0 Å². The van der Waals surface area contributed by atoms with E-state index in [-0.39, 0.29) is 22.8 Å². The van der Waals surface area contributed by atoms with Crippen molar-refractivity contribution in [3.8, 4) is 5.88 Å². The highest BCUT2D eigenvalue weighted by molar-refractivity contribution is 5.73. The molecule has 20 heavy (non-hydrogen) atoms. The van der Waals surface area contributed by atoms with E-state index < -0.39 is 16.5 Å². The third-order valence-corrected chi connectivity index (χ3v) is 2.33. The summed E-state index contributed by atoms with van der Waals surface area (Å²) in [6.45, 7) is 3.42. The molecule has 0 radical (unpaired) electrons. The number of carbonyl (C=O) groups excluding carboxylic acids is 1. The third-order valence-electron chi connectivity index (χ3n) is 2.33. The van der Waals surface area contributed by atoms with Gasteiger partial charge in [0.25, 0.3) is 0 Å². The van der Waals surface area contributed by atoms with Gasteiger partial charge in [0.05, 0.1) is 17.6 Å². The molecule has 0 saturated carbocycles. The van der Waals surface area contributed by atoms with Gasteiger partial charge in [-0.05, 0) is 6.42 Å². The number of ether oxygens (including phenoxy) is 1. The van der Waals surface area contributed by atoms with E-state index in [0.29, 0.717) is 0 Å². The fourth-order valence-electron chi connectivity index (χ4n) is 1.42. The first-order valence-corrected chi connectivity index (χ1v) is 6.11. The molecule has 1 rings (SSSR count). The molecule has 0 fully saturated rings. The van der Waals surface area contributed by atoms with E-state index in [9.17, 15) is 20.1 Å². The Hall–Kier alpha value is -2.45. The highest BCUT2D eigenvalue weighted by Crippen LogP contribution is 2.21. The predicted molar refractivity (Wildman–Crippen MR) is 67.3 cm³/mol. The van der Waals surface area contributed by atoms with Gasteiger partial charge < -0.3 is 9.94 Å². The summed E-state index contributed by atoms with van der Waals surface area (Å²) in [5.41, 5.74) is -0.781. The summed E-state index contributed by atoms with van der Waals surface area (Å²) in [4.78, 5) is 24.8. The van der Waals surface area contributed by atoms with Crippen molar-refractivity contribution in [3.05, 3.63) is 21.7 Å². The van der Waals surface area contributed by atoms with Gasteiger partial charge in [0, 0.05) is 6.92 Å². The fraction of sp³-hybridized carbons (Fsp3) is 0.545. The van der Waals surface area contributed by atoms with Crippen LogP contribution in [-0.2, 0) is 4.79 Å². The van der Waals surface area contributed by atoms with Crippen LogP contribution in [0.5, 0.6) is 5.88 Å². The first-order chi connectivity index (χ1) is 9.45. The molecule has 0 aliphatic carbocycles. The summed E-state index contributed by atoms with van der Waals surface area (Å²) in [6, 6.07) is 0.934.